The lowest BCUT2D eigenvalue weighted by Gasteiger charge is -2.11. The maximum atomic E-state index is 12.7. The van der Waals surface area contributed by atoms with E-state index < -0.39 is 5.97 Å². The molecule has 2 aromatic rings. The molecule has 0 heterocycles. The van der Waals surface area contributed by atoms with Crippen molar-refractivity contribution < 1.29 is 23.8 Å². The van der Waals surface area contributed by atoms with Gasteiger partial charge in [0.25, 0.3) is 0 Å². The second-order valence-corrected chi connectivity index (χ2v) is 4.66. The molecule has 5 heteroatoms. The minimum absolute atomic E-state index is 0.245. The first-order valence-corrected chi connectivity index (χ1v) is 7.15. The largest absolute Gasteiger partial charge is 0.493 e. The zero-order valence-electron chi connectivity index (χ0n) is 13.3. The molecule has 0 spiro atoms. The highest BCUT2D eigenvalue weighted by Gasteiger charge is 2.20. The molecule has 0 atom stereocenters. The first-order valence-electron chi connectivity index (χ1n) is 7.15. The van der Waals surface area contributed by atoms with Gasteiger partial charge in [0.05, 0.1) is 26.4 Å². The Hall–Kier alpha value is -2.82. The van der Waals surface area contributed by atoms with Crippen LogP contribution in [0.2, 0.25) is 0 Å². The highest BCUT2D eigenvalue weighted by atomic mass is 16.5. The highest BCUT2D eigenvalue weighted by molar-refractivity contribution is 6.14. The maximum absolute atomic E-state index is 12.7. The Morgan fingerprint density at radius 3 is 2.17 bits per heavy atom. The monoisotopic (exact) mass is 314 g/mol. The third-order valence-electron chi connectivity index (χ3n) is 3.31. The molecule has 0 bridgehead atoms. The van der Waals surface area contributed by atoms with Crippen LogP contribution in [0.4, 0.5) is 0 Å². The Bertz CT molecular complexity index is 721. The fourth-order valence-corrected chi connectivity index (χ4v) is 2.20. The van der Waals surface area contributed by atoms with Gasteiger partial charge in [-0.3, -0.25) is 4.79 Å². The SMILES string of the molecule is CCOC(=O)c1ccccc1C(=O)c1ccc(OC)c(OC)c1. The molecule has 120 valence electrons. The zero-order chi connectivity index (χ0) is 16.8. The molecule has 0 saturated carbocycles. The number of rotatable bonds is 6. The summed E-state index contributed by atoms with van der Waals surface area (Å²) in [7, 11) is 3.02. The lowest BCUT2D eigenvalue weighted by atomic mass is 9.98. The summed E-state index contributed by atoms with van der Waals surface area (Å²) in [5.41, 5.74) is 0.937. The molecule has 0 saturated heterocycles. The number of hydrogen-bond donors (Lipinski definition) is 0. The number of methoxy groups -OCH3 is 2. The highest BCUT2D eigenvalue weighted by Crippen LogP contribution is 2.29. The van der Waals surface area contributed by atoms with Gasteiger partial charge in [0.15, 0.2) is 17.3 Å². The summed E-state index contributed by atoms with van der Waals surface area (Å²) in [6.45, 7) is 1.97. The minimum Gasteiger partial charge on any atom is -0.493 e. The molecule has 0 aliphatic carbocycles. The maximum Gasteiger partial charge on any atom is 0.338 e. The Balaban J connectivity index is 2.43. The lowest BCUT2D eigenvalue weighted by molar-refractivity contribution is 0.0523. The zero-order valence-corrected chi connectivity index (χ0v) is 13.3. The van der Waals surface area contributed by atoms with Crippen LogP contribution in [0, 0.1) is 0 Å². The minimum atomic E-state index is -0.517. The van der Waals surface area contributed by atoms with Crippen LogP contribution in [-0.4, -0.2) is 32.6 Å². The van der Waals surface area contributed by atoms with Crippen molar-refractivity contribution in [2.45, 2.75) is 6.92 Å². The Labute approximate surface area is 134 Å². The number of esters is 1. The van der Waals surface area contributed by atoms with E-state index in [1.165, 1.54) is 14.2 Å². The van der Waals surface area contributed by atoms with E-state index in [1.54, 1.807) is 49.4 Å². The second-order valence-electron chi connectivity index (χ2n) is 4.66. The molecule has 0 amide bonds. The second kappa shape index (κ2) is 7.45. The van der Waals surface area contributed by atoms with Gasteiger partial charge in [-0.25, -0.2) is 4.79 Å². The molecule has 2 aromatic carbocycles. The van der Waals surface area contributed by atoms with Crippen molar-refractivity contribution in [3.63, 3.8) is 0 Å². The molecule has 0 fully saturated rings. The summed E-state index contributed by atoms with van der Waals surface area (Å²) < 4.78 is 15.4. The number of benzene rings is 2. The molecule has 0 unspecified atom stereocenters. The standard InChI is InChI=1S/C18H18O5/c1-4-23-18(20)14-8-6-5-7-13(14)17(19)12-9-10-15(21-2)16(11-12)22-3/h5-11H,4H2,1-3H3. The summed E-state index contributed by atoms with van der Waals surface area (Å²) in [6, 6.07) is 11.4. The predicted molar refractivity (Wildman–Crippen MR) is 85.4 cm³/mol. The summed E-state index contributed by atoms with van der Waals surface area (Å²) in [5.74, 6) is 0.182. The number of ether oxygens (including phenoxy) is 3. The van der Waals surface area contributed by atoms with Gasteiger partial charge in [-0.05, 0) is 31.2 Å². The molecular weight excluding hydrogens is 296 g/mol. The third kappa shape index (κ3) is 3.51. The Morgan fingerprint density at radius 1 is 0.913 bits per heavy atom. The van der Waals surface area contributed by atoms with Crippen molar-refractivity contribution in [1.29, 1.82) is 0 Å². The molecule has 0 aliphatic heterocycles. The normalized spacial score (nSPS) is 10.0. The average Bonchev–Trinajstić information content (AvgIpc) is 2.60. The quantitative estimate of drug-likeness (QED) is 0.605. The molecule has 0 aliphatic rings. The van der Waals surface area contributed by atoms with E-state index in [2.05, 4.69) is 0 Å². The van der Waals surface area contributed by atoms with Gasteiger partial charge in [0.2, 0.25) is 0 Å². The number of carbonyl (C=O) groups excluding carboxylic acids is 2. The molecule has 5 nitrogen and oxygen atoms in total. The van der Waals surface area contributed by atoms with Crippen molar-refractivity contribution in [3.8, 4) is 11.5 Å². The van der Waals surface area contributed by atoms with Crippen LogP contribution in [0.1, 0.15) is 33.2 Å². The van der Waals surface area contributed by atoms with Gasteiger partial charge < -0.3 is 14.2 Å². The fourth-order valence-electron chi connectivity index (χ4n) is 2.20. The van der Waals surface area contributed by atoms with E-state index in [1.807, 2.05) is 0 Å². The number of ketones is 1. The van der Waals surface area contributed by atoms with Crippen molar-refractivity contribution in [2.75, 3.05) is 20.8 Å². The van der Waals surface area contributed by atoms with Crippen LogP contribution in [0.15, 0.2) is 42.5 Å². The fraction of sp³-hybridized carbons (Fsp3) is 0.222. The van der Waals surface area contributed by atoms with Crippen molar-refractivity contribution in [1.82, 2.24) is 0 Å². The summed E-state index contributed by atoms with van der Waals surface area (Å²) in [4.78, 5) is 24.7. The molecule has 2 rings (SSSR count). The summed E-state index contributed by atoms with van der Waals surface area (Å²) in [5, 5.41) is 0. The van der Waals surface area contributed by atoms with Gasteiger partial charge in [0.1, 0.15) is 0 Å². The summed E-state index contributed by atoms with van der Waals surface area (Å²) in [6.07, 6.45) is 0. The topological polar surface area (TPSA) is 61.8 Å². The van der Waals surface area contributed by atoms with Crippen LogP contribution in [0.5, 0.6) is 11.5 Å². The van der Waals surface area contributed by atoms with E-state index in [9.17, 15) is 9.59 Å². The van der Waals surface area contributed by atoms with Crippen LogP contribution in [-0.2, 0) is 4.74 Å². The van der Waals surface area contributed by atoms with E-state index in [4.69, 9.17) is 14.2 Å². The van der Waals surface area contributed by atoms with Gasteiger partial charge in [-0.1, -0.05) is 18.2 Å². The van der Waals surface area contributed by atoms with Crippen LogP contribution >= 0.6 is 0 Å². The van der Waals surface area contributed by atoms with E-state index in [0.29, 0.717) is 17.1 Å². The lowest BCUT2D eigenvalue weighted by Crippen LogP contribution is -2.12. The van der Waals surface area contributed by atoms with Crippen LogP contribution in [0.25, 0.3) is 0 Å². The molecule has 23 heavy (non-hydrogen) atoms. The molecule has 0 N–H and O–H groups in total. The Morgan fingerprint density at radius 2 is 1.57 bits per heavy atom. The van der Waals surface area contributed by atoms with Gasteiger partial charge in [0, 0.05) is 11.1 Å². The van der Waals surface area contributed by atoms with Gasteiger partial charge >= 0.3 is 5.97 Å². The average molecular weight is 314 g/mol. The molecular formula is C18H18O5. The number of hydrogen-bond acceptors (Lipinski definition) is 5. The number of carbonyl (C=O) groups is 2. The Kier molecular flexibility index (Phi) is 5.36. The first kappa shape index (κ1) is 16.5. The smallest absolute Gasteiger partial charge is 0.338 e. The van der Waals surface area contributed by atoms with Crippen LogP contribution < -0.4 is 9.47 Å². The third-order valence-corrected chi connectivity index (χ3v) is 3.31. The molecule has 0 radical (unpaired) electrons. The molecule has 0 aromatic heterocycles. The van der Waals surface area contributed by atoms with Crippen molar-refractivity contribution >= 4 is 11.8 Å². The predicted octanol–water partition coefficient (Wildman–Crippen LogP) is 3.11. The van der Waals surface area contributed by atoms with Crippen molar-refractivity contribution in [3.05, 3.63) is 59.2 Å². The van der Waals surface area contributed by atoms with Gasteiger partial charge in [-0.2, -0.15) is 0 Å². The van der Waals surface area contributed by atoms with Gasteiger partial charge in [-0.15, -0.1) is 0 Å². The van der Waals surface area contributed by atoms with E-state index in [0.717, 1.165) is 0 Å². The first-order chi connectivity index (χ1) is 11.1. The van der Waals surface area contributed by atoms with E-state index >= 15 is 0 Å². The van der Waals surface area contributed by atoms with Crippen molar-refractivity contribution in [2.24, 2.45) is 0 Å². The van der Waals surface area contributed by atoms with E-state index in [-0.39, 0.29) is 23.5 Å². The van der Waals surface area contributed by atoms with Crippen LogP contribution in [0.3, 0.4) is 0 Å². The summed E-state index contributed by atoms with van der Waals surface area (Å²) >= 11 is 0.